The zero-order valence-electron chi connectivity index (χ0n) is 21.9. The summed E-state index contributed by atoms with van der Waals surface area (Å²) in [4.78, 5) is 21.0. The summed E-state index contributed by atoms with van der Waals surface area (Å²) in [6.45, 7) is 2.52. The highest BCUT2D eigenvalue weighted by Gasteiger charge is 2.66. The maximum absolute atomic E-state index is 12.0. The number of carboxylic acids is 1. The summed E-state index contributed by atoms with van der Waals surface area (Å²) in [5.41, 5.74) is 3.57. The molecule has 1 saturated heterocycles. The van der Waals surface area contributed by atoms with Gasteiger partial charge in [-0.05, 0) is 86.9 Å². The Morgan fingerprint density at radius 2 is 1.97 bits per heavy atom. The largest absolute Gasteiger partial charge is 0.504 e. The van der Waals surface area contributed by atoms with Crippen LogP contribution in [0, 0.1) is 11.8 Å². The van der Waals surface area contributed by atoms with E-state index in [1.807, 2.05) is 18.2 Å². The molecule has 7 nitrogen and oxygen atoms in total. The molecule has 5 atom stereocenters. The number of hydroxylamine groups is 2. The van der Waals surface area contributed by atoms with Gasteiger partial charge in [0, 0.05) is 23.6 Å². The molecule has 2 heterocycles. The van der Waals surface area contributed by atoms with Gasteiger partial charge in [-0.25, -0.2) is 0 Å². The molecular formula is C31H38N2O5. The molecule has 0 amide bonds. The minimum absolute atomic E-state index is 0.174. The summed E-state index contributed by atoms with van der Waals surface area (Å²) in [6.07, 6.45) is 8.05. The molecule has 2 aliphatic heterocycles. The number of phenolic OH excluding ortho intramolecular Hbond substituents is 1. The van der Waals surface area contributed by atoms with E-state index in [1.54, 1.807) is 11.1 Å². The van der Waals surface area contributed by atoms with Crippen LogP contribution in [0.2, 0.25) is 0 Å². The summed E-state index contributed by atoms with van der Waals surface area (Å²) in [5.74, 6) is 1.25. The van der Waals surface area contributed by atoms with Crippen molar-refractivity contribution < 1.29 is 24.6 Å². The molecule has 1 spiro atoms. The quantitative estimate of drug-likeness (QED) is 0.361. The first-order chi connectivity index (χ1) is 18.5. The Bertz CT molecular complexity index is 1200. The van der Waals surface area contributed by atoms with Crippen molar-refractivity contribution in [3.05, 3.63) is 59.2 Å². The predicted molar refractivity (Wildman–Crippen MR) is 142 cm³/mol. The third kappa shape index (κ3) is 4.02. The Balaban J connectivity index is 1.17. The van der Waals surface area contributed by atoms with E-state index in [4.69, 9.17) is 9.57 Å². The summed E-state index contributed by atoms with van der Waals surface area (Å²) in [7, 11) is 0. The maximum atomic E-state index is 12.0. The topological polar surface area (TPSA) is 82.5 Å². The molecule has 2 saturated carbocycles. The summed E-state index contributed by atoms with van der Waals surface area (Å²) < 4.78 is 6.71. The molecule has 2 aromatic carbocycles. The van der Waals surface area contributed by atoms with Crippen molar-refractivity contribution in [1.82, 2.24) is 9.96 Å². The first kappa shape index (κ1) is 24.4. The van der Waals surface area contributed by atoms with E-state index in [1.165, 1.54) is 36.1 Å². The van der Waals surface area contributed by atoms with Crippen molar-refractivity contribution in [2.45, 2.75) is 75.0 Å². The van der Waals surface area contributed by atoms with E-state index in [2.05, 4.69) is 23.1 Å². The average molecular weight is 519 g/mol. The van der Waals surface area contributed by atoms with Crippen molar-refractivity contribution in [1.29, 1.82) is 0 Å². The van der Waals surface area contributed by atoms with Crippen LogP contribution in [0.15, 0.2) is 42.5 Å². The van der Waals surface area contributed by atoms with Crippen molar-refractivity contribution >= 4 is 5.97 Å². The maximum Gasteiger partial charge on any atom is 0.320 e. The number of aliphatic carboxylic acids is 1. The lowest BCUT2D eigenvalue weighted by atomic mass is 9.51. The Morgan fingerprint density at radius 3 is 2.76 bits per heavy atom. The second kappa shape index (κ2) is 9.54. The standard InChI is InChI=1S/C31H38N2O5/c34-26-13-10-22-17-25-23-11-12-24(33(19-27(35)36)37-16-4-7-20-5-2-1-3-6-20)30-31(23,28(22)29(26)38-30)14-15-32(25)18-21-8-9-21/h1-3,5-6,10,13,21,23-25,30,34H,4,7-9,11-12,14-19H2,(H,35,36)/t23-,24+,25+,30-,31-/m0/s1. The minimum atomic E-state index is -0.896. The molecule has 5 aliphatic rings. The molecule has 2 N–H and O–H groups in total. The first-order valence-corrected chi connectivity index (χ1v) is 14.5. The SMILES string of the molecule is O=C(O)CN(OCCCc1ccccc1)[C@@H]1CC[C@H]2[C@H]3Cc4ccc(O)c5c4[C@@]2(CCN3CC2CC2)[C@H]1O5. The van der Waals surface area contributed by atoms with Crippen molar-refractivity contribution in [2.24, 2.45) is 11.8 Å². The number of carbonyl (C=O) groups is 1. The lowest BCUT2D eigenvalue weighted by Crippen LogP contribution is -2.69. The molecule has 38 heavy (non-hydrogen) atoms. The molecule has 2 bridgehead atoms. The Morgan fingerprint density at radius 1 is 1.13 bits per heavy atom. The Labute approximate surface area is 224 Å². The number of ether oxygens (including phenoxy) is 1. The number of piperidine rings is 1. The fourth-order valence-corrected chi connectivity index (χ4v) is 8.25. The van der Waals surface area contributed by atoms with Gasteiger partial charge in [-0.1, -0.05) is 36.4 Å². The van der Waals surface area contributed by atoms with Crippen LogP contribution in [0.1, 0.15) is 55.2 Å². The van der Waals surface area contributed by atoms with Crippen LogP contribution >= 0.6 is 0 Å². The van der Waals surface area contributed by atoms with E-state index < -0.39 is 5.97 Å². The highest BCUT2D eigenvalue weighted by molar-refractivity contribution is 5.69. The van der Waals surface area contributed by atoms with Gasteiger partial charge in [-0.2, -0.15) is 5.06 Å². The smallest absolute Gasteiger partial charge is 0.320 e. The molecule has 7 heteroatoms. The molecule has 7 rings (SSSR count). The molecule has 0 aromatic heterocycles. The molecular weight excluding hydrogens is 480 g/mol. The van der Waals surface area contributed by atoms with Crippen molar-refractivity contribution in [3.8, 4) is 11.5 Å². The van der Waals surface area contributed by atoms with Crippen LogP contribution in [-0.4, -0.2) is 70.6 Å². The number of phenols is 1. The predicted octanol–water partition coefficient (Wildman–Crippen LogP) is 4.16. The van der Waals surface area contributed by atoms with E-state index in [0.717, 1.165) is 51.0 Å². The van der Waals surface area contributed by atoms with Gasteiger partial charge in [0.1, 0.15) is 12.6 Å². The van der Waals surface area contributed by atoms with E-state index >= 15 is 0 Å². The second-order valence-corrected chi connectivity index (χ2v) is 12.1. The lowest BCUT2D eigenvalue weighted by molar-refractivity contribution is -0.227. The third-order valence-corrected chi connectivity index (χ3v) is 9.96. The fourth-order valence-electron chi connectivity index (χ4n) is 8.25. The highest BCUT2D eigenvalue weighted by Crippen LogP contribution is 2.64. The van der Waals surface area contributed by atoms with Gasteiger partial charge in [0.2, 0.25) is 0 Å². The molecule has 202 valence electrons. The van der Waals surface area contributed by atoms with E-state index in [9.17, 15) is 15.0 Å². The van der Waals surface area contributed by atoms with Crippen LogP contribution in [0.25, 0.3) is 0 Å². The number of aromatic hydroxyl groups is 1. The normalized spacial score (nSPS) is 31.2. The number of rotatable bonds is 10. The van der Waals surface area contributed by atoms with E-state index in [0.29, 0.717) is 24.3 Å². The van der Waals surface area contributed by atoms with Crippen LogP contribution in [0.3, 0.4) is 0 Å². The third-order valence-electron chi connectivity index (χ3n) is 9.96. The van der Waals surface area contributed by atoms with Crippen molar-refractivity contribution in [3.63, 3.8) is 0 Å². The van der Waals surface area contributed by atoms with Gasteiger partial charge in [0.05, 0.1) is 12.6 Å². The van der Waals surface area contributed by atoms with Gasteiger partial charge in [-0.3, -0.25) is 14.5 Å². The van der Waals surface area contributed by atoms with Gasteiger partial charge >= 0.3 is 5.97 Å². The van der Waals surface area contributed by atoms with Gasteiger partial charge < -0.3 is 14.9 Å². The summed E-state index contributed by atoms with van der Waals surface area (Å²) in [5, 5.41) is 22.4. The molecule has 2 aromatic rings. The number of likely N-dealkylation sites (tertiary alicyclic amines) is 1. The van der Waals surface area contributed by atoms with Gasteiger partial charge in [-0.15, -0.1) is 0 Å². The van der Waals surface area contributed by atoms with Crippen LogP contribution in [0.5, 0.6) is 11.5 Å². The number of carboxylic acid groups (broad SMARTS) is 1. The monoisotopic (exact) mass is 518 g/mol. The fraction of sp³-hybridized carbons (Fsp3) is 0.581. The summed E-state index contributed by atoms with van der Waals surface area (Å²) >= 11 is 0. The molecule has 0 radical (unpaired) electrons. The Kier molecular flexibility index (Phi) is 6.13. The highest BCUT2D eigenvalue weighted by atomic mass is 16.7. The van der Waals surface area contributed by atoms with Crippen molar-refractivity contribution in [2.75, 3.05) is 26.2 Å². The number of nitrogens with zero attached hydrogens (tertiary/aromatic N) is 2. The van der Waals surface area contributed by atoms with Crippen LogP contribution in [0.4, 0.5) is 0 Å². The average Bonchev–Trinajstić information content (AvgIpc) is 3.66. The zero-order valence-corrected chi connectivity index (χ0v) is 21.9. The number of benzene rings is 2. The minimum Gasteiger partial charge on any atom is -0.504 e. The van der Waals surface area contributed by atoms with E-state index in [-0.39, 0.29) is 29.9 Å². The molecule has 3 fully saturated rings. The number of aryl methyl sites for hydroxylation is 1. The second-order valence-electron chi connectivity index (χ2n) is 12.1. The molecule has 0 unspecified atom stereocenters. The summed E-state index contributed by atoms with van der Waals surface area (Å²) in [6, 6.07) is 14.5. The number of hydrogen-bond donors (Lipinski definition) is 2. The van der Waals surface area contributed by atoms with Crippen LogP contribution in [-0.2, 0) is 27.9 Å². The molecule has 3 aliphatic carbocycles. The Hall–Kier alpha value is -2.61. The first-order valence-electron chi connectivity index (χ1n) is 14.5. The van der Waals surface area contributed by atoms with Gasteiger partial charge in [0.25, 0.3) is 0 Å². The number of hydrogen-bond acceptors (Lipinski definition) is 6. The van der Waals surface area contributed by atoms with Gasteiger partial charge in [0.15, 0.2) is 11.5 Å². The lowest BCUT2D eigenvalue weighted by Gasteiger charge is -2.60. The van der Waals surface area contributed by atoms with Crippen LogP contribution < -0.4 is 4.74 Å². The zero-order chi connectivity index (χ0) is 25.9.